The van der Waals surface area contributed by atoms with E-state index in [9.17, 15) is 4.79 Å². The van der Waals surface area contributed by atoms with Gasteiger partial charge in [0, 0.05) is 11.4 Å². The minimum absolute atomic E-state index is 0.172. The normalized spacial score (nSPS) is 10.5. The highest BCUT2D eigenvalue weighted by molar-refractivity contribution is 8.00. The number of aromatic nitrogens is 2. The Kier molecular flexibility index (Phi) is 3.83. The van der Waals surface area contributed by atoms with Crippen molar-refractivity contribution in [1.82, 2.24) is 9.36 Å². The first-order valence-electron chi connectivity index (χ1n) is 5.11. The molecule has 18 heavy (non-hydrogen) atoms. The van der Waals surface area contributed by atoms with Gasteiger partial charge in [-0.3, -0.25) is 0 Å². The molecule has 0 unspecified atom stereocenters. The van der Waals surface area contributed by atoms with E-state index >= 15 is 0 Å². The molecule has 2 rings (SSSR count). The van der Waals surface area contributed by atoms with Gasteiger partial charge in [-0.2, -0.15) is 4.37 Å². The average Bonchev–Trinajstić information content (AvgIpc) is 2.72. The second-order valence-corrected chi connectivity index (χ2v) is 5.56. The van der Waals surface area contributed by atoms with Gasteiger partial charge in [0.1, 0.15) is 5.82 Å². The van der Waals surface area contributed by atoms with Crippen LogP contribution in [0, 0.1) is 6.92 Å². The van der Waals surface area contributed by atoms with Crippen LogP contribution in [0.5, 0.6) is 0 Å². The Balaban J connectivity index is 2.19. The maximum absolute atomic E-state index is 11.1. The highest BCUT2D eigenvalue weighted by Gasteiger charge is 2.14. The van der Waals surface area contributed by atoms with Gasteiger partial charge in [0.05, 0.1) is 5.56 Å². The molecule has 5 nitrogen and oxygen atoms in total. The van der Waals surface area contributed by atoms with Crippen LogP contribution >= 0.6 is 23.3 Å². The standard InChI is InChI=1S/C11H11N3O2S2/c1-6-13-11(18-14-6)17-5-7-3-2-4-8(12)9(7)10(15)16/h2-4H,5,12H2,1H3,(H,15,16). The van der Waals surface area contributed by atoms with Crippen molar-refractivity contribution in [3.05, 3.63) is 35.2 Å². The Hall–Kier alpha value is -1.60. The molecular weight excluding hydrogens is 270 g/mol. The first kappa shape index (κ1) is 12.8. The molecule has 3 N–H and O–H groups in total. The fraction of sp³-hybridized carbons (Fsp3) is 0.182. The molecule has 0 saturated heterocycles. The van der Waals surface area contributed by atoms with Crippen molar-refractivity contribution in [1.29, 1.82) is 0 Å². The van der Waals surface area contributed by atoms with E-state index in [2.05, 4.69) is 9.36 Å². The molecule has 0 fully saturated rings. The van der Waals surface area contributed by atoms with Gasteiger partial charge >= 0.3 is 5.97 Å². The van der Waals surface area contributed by atoms with Crippen LogP contribution < -0.4 is 5.73 Å². The van der Waals surface area contributed by atoms with Crippen molar-refractivity contribution >= 4 is 35.0 Å². The van der Waals surface area contributed by atoms with Crippen LogP contribution in [0.1, 0.15) is 21.7 Å². The maximum atomic E-state index is 11.1. The zero-order chi connectivity index (χ0) is 13.1. The van der Waals surface area contributed by atoms with E-state index in [-0.39, 0.29) is 11.3 Å². The zero-order valence-corrected chi connectivity index (χ0v) is 11.2. The van der Waals surface area contributed by atoms with Crippen molar-refractivity contribution in [2.45, 2.75) is 17.0 Å². The Morgan fingerprint density at radius 2 is 2.33 bits per heavy atom. The zero-order valence-electron chi connectivity index (χ0n) is 9.58. The SMILES string of the molecule is Cc1nsc(SCc2cccc(N)c2C(=O)O)n1. The molecule has 94 valence electrons. The summed E-state index contributed by atoms with van der Waals surface area (Å²) in [7, 11) is 0. The number of carboxylic acids is 1. The summed E-state index contributed by atoms with van der Waals surface area (Å²) in [5, 5.41) is 9.13. The number of nitrogen functional groups attached to an aromatic ring is 1. The number of carbonyl (C=O) groups is 1. The number of hydrogen-bond donors (Lipinski definition) is 2. The van der Waals surface area contributed by atoms with Crippen LogP contribution in [-0.4, -0.2) is 20.4 Å². The Bertz CT molecular complexity index is 583. The van der Waals surface area contributed by atoms with Gasteiger partial charge in [0.2, 0.25) is 0 Å². The lowest BCUT2D eigenvalue weighted by atomic mass is 10.1. The summed E-state index contributed by atoms with van der Waals surface area (Å²) in [4.78, 5) is 15.4. The van der Waals surface area contributed by atoms with Gasteiger partial charge in [0.25, 0.3) is 0 Å². The molecule has 1 aromatic carbocycles. The largest absolute Gasteiger partial charge is 0.478 e. The number of aromatic carboxylic acids is 1. The first-order chi connectivity index (χ1) is 8.58. The van der Waals surface area contributed by atoms with Gasteiger partial charge in [-0.25, -0.2) is 9.78 Å². The van der Waals surface area contributed by atoms with Crippen molar-refractivity contribution < 1.29 is 9.90 Å². The molecule has 0 bridgehead atoms. The molecule has 0 atom stereocenters. The molecular formula is C11H11N3O2S2. The smallest absolute Gasteiger partial charge is 0.338 e. The monoisotopic (exact) mass is 281 g/mol. The van der Waals surface area contributed by atoms with E-state index in [0.717, 1.165) is 10.2 Å². The van der Waals surface area contributed by atoms with Gasteiger partial charge in [0.15, 0.2) is 4.34 Å². The maximum Gasteiger partial charge on any atom is 0.338 e. The molecule has 0 amide bonds. The molecule has 0 spiro atoms. The number of thioether (sulfide) groups is 1. The Morgan fingerprint density at radius 1 is 1.56 bits per heavy atom. The van der Waals surface area contributed by atoms with E-state index in [1.807, 2.05) is 6.92 Å². The van der Waals surface area contributed by atoms with Gasteiger partial charge in [-0.1, -0.05) is 23.9 Å². The molecule has 0 saturated carbocycles. The second kappa shape index (κ2) is 5.36. The third kappa shape index (κ3) is 2.80. The Morgan fingerprint density at radius 3 is 2.94 bits per heavy atom. The van der Waals surface area contributed by atoms with E-state index in [1.54, 1.807) is 18.2 Å². The minimum Gasteiger partial charge on any atom is -0.478 e. The van der Waals surface area contributed by atoms with Crippen LogP contribution in [0.2, 0.25) is 0 Å². The summed E-state index contributed by atoms with van der Waals surface area (Å²) in [5.74, 6) is 0.243. The molecule has 0 aliphatic carbocycles. The van der Waals surface area contributed by atoms with E-state index in [1.165, 1.54) is 23.3 Å². The average molecular weight is 281 g/mol. The number of nitrogens with two attached hydrogens (primary N) is 1. The first-order valence-corrected chi connectivity index (χ1v) is 6.87. The molecule has 0 radical (unpaired) electrons. The van der Waals surface area contributed by atoms with Gasteiger partial charge in [-0.05, 0) is 30.1 Å². The minimum atomic E-state index is -1.00. The Labute approximate surface area is 112 Å². The molecule has 1 aromatic heterocycles. The van der Waals surface area contributed by atoms with Crippen molar-refractivity contribution in [3.8, 4) is 0 Å². The van der Waals surface area contributed by atoms with Crippen molar-refractivity contribution in [2.75, 3.05) is 5.73 Å². The lowest BCUT2D eigenvalue weighted by Crippen LogP contribution is -2.06. The molecule has 2 aromatic rings. The highest BCUT2D eigenvalue weighted by Crippen LogP contribution is 2.27. The number of benzene rings is 1. The van der Waals surface area contributed by atoms with Crippen LogP contribution in [0.25, 0.3) is 0 Å². The summed E-state index contributed by atoms with van der Waals surface area (Å²) >= 11 is 2.77. The van der Waals surface area contributed by atoms with Crippen LogP contribution in [0.4, 0.5) is 5.69 Å². The number of anilines is 1. The van der Waals surface area contributed by atoms with Crippen molar-refractivity contribution in [3.63, 3.8) is 0 Å². The topological polar surface area (TPSA) is 89.1 Å². The fourth-order valence-electron chi connectivity index (χ4n) is 1.48. The van der Waals surface area contributed by atoms with Crippen molar-refractivity contribution in [2.24, 2.45) is 0 Å². The number of aryl methyl sites for hydroxylation is 1. The van der Waals surface area contributed by atoms with E-state index in [0.29, 0.717) is 11.3 Å². The van der Waals surface area contributed by atoms with Gasteiger partial charge in [-0.15, -0.1) is 0 Å². The number of hydrogen-bond acceptors (Lipinski definition) is 6. The summed E-state index contributed by atoms with van der Waals surface area (Å²) in [6, 6.07) is 5.11. The van der Waals surface area contributed by atoms with Crippen LogP contribution in [0.15, 0.2) is 22.5 Å². The summed E-state index contributed by atoms with van der Waals surface area (Å²) < 4.78 is 4.90. The van der Waals surface area contributed by atoms with E-state index < -0.39 is 5.97 Å². The molecule has 0 aliphatic rings. The summed E-state index contributed by atoms with van der Waals surface area (Å²) in [6.07, 6.45) is 0. The number of nitrogens with zero attached hydrogens (tertiary/aromatic N) is 2. The fourth-order valence-corrected chi connectivity index (χ4v) is 3.12. The van der Waals surface area contributed by atoms with Crippen LogP contribution in [-0.2, 0) is 5.75 Å². The number of carboxylic acid groups (broad SMARTS) is 1. The molecule has 1 heterocycles. The highest BCUT2D eigenvalue weighted by atomic mass is 32.2. The lowest BCUT2D eigenvalue weighted by molar-refractivity contribution is 0.0697. The number of rotatable bonds is 4. The van der Waals surface area contributed by atoms with Crippen LogP contribution in [0.3, 0.4) is 0 Å². The lowest BCUT2D eigenvalue weighted by Gasteiger charge is -2.07. The summed E-state index contributed by atoms with van der Waals surface area (Å²) in [6.45, 7) is 1.82. The molecule has 7 heteroatoms. The summed E-state index contributed by atoms with van der Waals surface area (Å²) in [5.41, 5.74) is 6.83. The predicted molar refractivity (Wildman–Crippen MR) is 72.0 cm³/mol. The third-order valence-corrected chi connectivity index (χ3v) is 4.23. The predicted octanol–water partition coefficient (Wildman–Crippen LogP) is 2.42. The third-order valence-electron chi connectivity index (χ3n) is 2.26. The molecule has 0 aliphatic heterocycles. The van der Waals surface area contributed by atoms with Gasteiger partial charge < -0.3 is 10.8 Å². The van der Waals surface area contributed by atoms with E-state index in [4.69, 9.17) is 10.8 Å². The quantitative estimate of drug-likeness (QED) is 0.661. The second-order valence-electron chi connectivity index (χ2n) is 3.58.